The Balaban J connectivity index is 5.03. The summed E-state index contributed by atoms with van der Waals surface area (Å²) >= 11 is 0. The number of carbonyl (C=O) groups is 2. The molecule has 0 bridgehead atoms. The third-order valence-corrected chi connectivity index (χ3v) is 13.1. The highest BCUT2D eigenvalue weighted by molar-refractivity contribution is 5.69. The van der Waals surface area contributed by atoms with Crippen molar-refractivity contribution in [3.63, 3.8) is 0 Å². The van der Waals surface area contributed by atoms with Gasteiger partial charge in [0.05, 0.1) is 33.0 Å². The molecule has 0 fully saturated rings. The molecule has 0 saturated heterocycles. The van der Waals surface area contributed by atoms with E-state index < -0.39 is 0 Å². The minimum Gasteiger partial charge on any atom is -0.457 e. The zero-order valence-corrected chi connectivity index (χ0v) is 48.2. The molecule has 0 aliphatic heterocycles. The summed E-state index contributed by atoms with van der Waals surface area (Å²) in [5, 5.41) is 14.4. The van der Waals surface area contributed by atoms with Gasteiger partial charge in [-0.2, -0.15) is 0 Å². The smallest absolute Gasteiger partial charge is 0.306 e. The van der Waals surface area contributed by atoms with Gasteiger partial charge >= 0.3 is 11.9 Å². The van der Waals surface area contributed by atoms with Gasteiger partial charge in [0.1, 0.15) is 12.2 Å². The summed E-state index contributed by atoms with van der Waals surface area (Å²) in [6.45, 7) is 22.9. The summed E-state index contributed by atoms with van der Waals surface area (Å²) in [7, 11) is 0. The molecule has 15 nitrogen and oxygen atoms in total. The maximum Gasteiger partial charge on any atom is 0.306 e. The first-order valence-electron chi connectivity index (χ1n) is 30.2. The number of hydrazine groups is 1. The predicted molar refractivity (Wildman–Crippen MR) is 301 cm³/mol. The number of hydrogen-bond acceptors (Lipinski definition) is 15. The van der Waals surface area contributed by atoms with Crippen LogP contribution < -0.4 is 16.9 Å². The highest BCUT2D eigenvalue weighted by atomic mass is 16.6. The number of ether oxygens (including phenoxy) is 6. The number of likely N-dealkylation sites (N-methyl/N-ethyl adjacent to an activating group) is 1. The lowest BCUT2D eigenvalue weighted by atomic mass is 10.1. The van der Waals surface area contributed by atoms with Gasteiger partial charge in [0, 0.05) is 83.9 Å². The van der Waals surface area contributed by atoms with Crippen LogP contribution in [0.1, 0.15) is 221 Å². The lowest BCUT2D eigenvalue weighted by molar-refractivity contribution is -0.157. The number of nitrogens with two attached hydrogens (primary N) is 2. The standard InChI is InChI=1S/C58H118N6O9/c1-6-11-15-29-44-68-50-55(51-69-45-30-16-12-7-2)72-57(66)34-25-21-19-23-27-38-63(48-54(59)49-64(60)40-33-36-61-37-41-62(10-5)42-43-65)39-28-24-20-22-26-35-58(67)73-56(52-70-46-31-17-13-8-3)53-71-47-32-18-14-9-4/h49,55-56,61,65H,6-48,50-53,59-60H2,1-5H3/b54-49-. The average Bonchev–Trinajstić information content (AvgIpc) is 3.37. The zero-order valence-electron chi connectivity index (χ0n) is 48.2. The molecule has 6 N–H and O–H groups in total. The van der Waals surface area contributed by atoms with Crippen molar-refractivity contribution in [1.29, 1.82) is 0 Å². The molecule has 0 aliphatic rings. The Morgan fingerprint density at radius 2 is 0.877 bits per heavy atom. The van der Waals surface area contributed by atoms with Crippen LogP contribution in [0.4, 0.5) is 0 Å². The molecular weight excluding hydrogens is 925 g/mol. The van der Waals surface area contributed by atoms with Crippen LogP contribution in [0.2, 0.25) is 0 Å². The maximum atomic E-state index is 12.9. The Bertz CT molecular complexity index is 1110. The van der Waals surface area contributed by atoms with Crippen molar-refractivity contribution in [2.75, 3.05) is 118 Å². The van der Waals surface area contributed by atoms with Gasteiger partial charge in [0.2, 0.25) is 0 Å². The van der Waals surface area contributed by atoms with E-state index in [1.54, 1.807) is 5.01 Å². The van der Waals surface area contributed by atoms with Crippen LogP contribution in [0.15, 0.2) is 11.9 Å². The van der Waals surface area contributed by atoms with Crippen molar-refractivity contribution in [2.24, 2.45) is 11.6 Å². The van der Waals surface area contributed by atoms with Gasteiger partial charge in [-0.1, -0.05) is 150 Å². The molecular formula is C58H118N6O9. The quantitative estimate of drug-likeness (QED) is 0.0195. The molecule has 0 atom stereocenters. The minimum absolute atomic E-state index is 0.165. The molecule has 0 amide bonds. The fraction of sp³-hybridized carbons (Fsp3) is 0.931. The van der Waals surface area contributed by atoms with Crippen LogP contribution in [0.5, 0.6) is 0 Å². The van der Waals surface area contributed by atoms with Gasteiger partial charge in [-0.15, -0.1) is 0 Å². The van der Waals surface area contributed by atoms with Crippen molar-refractivity contribution in [3.8, 4) is 0 Å². The summed E-state index contributed by atoms with van der Waals surface area (Å²) in [6, 6.07) is 0. The van der Waals surface area contributed by atoms with E-state index in [1.807, 2.05) is 6.20 Å². The van der Waals surface area contributed by atoms with E-state index >= 15 is 0 Å². The lowest BCUT2D eigenvalue weighted by Gasteiger charge is -2.24. The number of aliphatic hydroxyl groups is 1. The molecule has 0 radical (unpaired) electrons. The van der Waals surface area contributed by atoms with E-state index in [9.17, 15) is 14.7 Å². The SMILES string of the molecule is CCCCCCOCC(COCCCCCC)OC(=O)CCCCCCCN(CCCCCCCC(=O)OC(COCCCCCC)COCCCCCC)C/C(N)=C/N(N)CCCNCCN(CC)CCO. The molecule has 0 aromatic rings. The third-order valence-electron chi connectivity index (χ3n) is 13.1. The van der Waals surface area contributed by atoms with E-state index in [-0.39, 0.29) is 30.8 Å². The summed E-state index contributed by atoms with van der Waals surface area (Å²) in [5.41, 5.74) is 7.36. The highest BCUT2D eigenvalue weighted by Gasteiger charge is 2.17. The first-order chi connectivity index (χ1) is 35.7. The summed E-state index contributed by atoms with van der Waals surface area (Å²) < 4.78 is 35.3. The zero-order chi connectivity index (χ0) is 53.5. The van der Waals surface area contributed by atoms with Crippen molar-refractivity contribution in [1.82, 2.24) is 20.1 Å². The Labute approximate surface area is 448 Å². The molecule has 0 heterocycles. The topological polar surface area (TPSA) is 184 Å². The Hall–Kier alpha value is -2.08. The first-order valence-corrected chi connectivity index (χ1v) is 30.2. The van der Waals surface area contributed by atoms with Crippen molar-refractivity contribution >= 4 is 11.9 Å². The predicted octanol–water partition coefficient (Wildman–Crippen LogP) is 10.5. The second-order valence-corrected chi connectivity index (χ2v) is 20.3. The number of aliphatic hydroxyl groups excluding tert-OH is 1. The molecule has 434 valence electrons. The second kappa shape index (κ2) is 56.1. The third kappa shape index (κ3) is 50.5. The number of nitrogens with zero attached hydrogens (tertiary/aromatic N) is 3. The van der Waals surface area contributed by atoms with Gasteiger partial charge in [-0.3, -0.25) is 14.5 Å². The molecule has 0 aromatic heterocycles. The molecule has 0 unspecified atom stereocenters. The number of esters is 2. The van der Waals surface area contributed by atoms with Crippen LogP contribution in [0.3, 0.4) is 0 Å². The van der Waals surface area contributed by atoms with Gasteiger partial charge < -0.3 is 54.5 Å². The van der Waals surface area contributed by atoms with E-state index in [0.717, 1.165) is 167 Å². The second-order valence-electron chi connectivity index (χ2n) is 20.3. The van der Waals surface area contributed by atoms with E-state index in [0.29, 0.717) is 85.3 Å². The van der Waals surface area contributed by atoms with Gasteiger partial charge in [0.15, 0.2) is 0 Å². The minimum atomic E-state index is -0.362. The lowest BCUT2D eigenvalue weighted by Crippen LogP contribution is -2.36. The number of hydrogen-bond donors (Lipinski definition) is 4. The average molecular weight is 1040 g/mol. The Kier molecular flexibility index (Phi) is 54.5. The summed E-state index contributed by atoms with van der Waals surface area (Å²) in [4.78, 5) is 30.4. The van der Waals surface area contributed by atoms with Gasteiger partial charge in [0.25, 0.3) is 0 Å². The largest absolute Gasteiger partial charge is 0.457 e. The Morgan fingerprint density at radius 1 is 0.479 bits per heavy atom. The summed E-state index contributed by atoms with van der Waals surface area (Å²) in [5.74, 6) is 6.05. The van der Waals surface area contributed by atoms with Gasteiger partial charge in [-0.25, -0.2) is 5.84 Å². The maximum absolute atomic E-state index is 12.9. The molecule has 0 aliphatic carbocycles. The van der Waals surface area contributed by atoms with Crippen molar-refractivity contribution < 1.29 is 43.1 Å². The molecule has 0 rings (SSSR count). The van der Waals surface area contributed by atoms with Crippen LogP contribution in [-0.4, -0.2) is 162 Å². The molecule has 0 saturated carbocycles. The van der Waals surface area contributed by atoms with E-state index in [4.69, 9.17) is 40.0 Å². The number of carbonyl (C=O) groups excluding carboxylic acids is 2. The molecule has 15 heteroatoms. The fourth-order valence-electron chi connectivity index (χ4n) is 8.54. The first kappa shape index (κ1) is 70.9. The molecule has 0 spiro atoms. The number of nitrogens with one attached hydrogen (secondary N) is 1. The van der Waals surface area contributed by atoms with E-state index in [2.05, 4.69) is 49.7 Å². The van der Waals surface area contributed by atoms with E-state index in [1.165, 1.54) is 51.4 Å². The highest BCUT2D eigenvalue weighted by Crippen LogP contribution is 2.13. The fourth-order valence-corrected chi connectivity index (χ4v) is 8.54. The van der Waals surface area contributed by atoms with Crippen LogP contribution in [-0.2, 0) is 38.0 Å². The van der Waals surface area contributed by atoms with Gasteiger partial charge in [-0.05, 0) is 84.0 Å². The molecule has 0 aromatic carbocycles. The number of unbranched alkanes of at least 4 members (excludes halogenated alkanes) is 20. The number of rotatable bonds is 59. The van der Waals surface area contributed by atoms with Crippen molar-refractivity contribution in [2.45, 2.75) is 233 Å². The van der Waals surface area contributed by atoms with Crippen molar-refractivity contribution in [3.05, 3.63) is 11.9 Å². The summed E-state index contributed by atoms with van der Waals surface area (Å²) in [6.07, 6.45) is 31.2. The monoisotopic (exact) mass is 1040 g/mol. The Morgan fingerprint density at radius 3 is 1.27 bits per heavy atom. The normalized spacial score (nSPS) is 12.1. The van der Waals surface area contributed by atoms with Crippen LogP contribution in [0.25, 0.3) is 0 Å². The molecule has 73 heavy (non-hydrogen) atoms. The van der Waals surface area contributed by atoms with Crippen LogP contribution >= 0.6 is 0 Å². The van der Waals surface area contributed by atoms with Crippen LogP contribution in [0, 0.1) is 0 Å².